The molecule has 1 aliphatic rings. The van der Waals surface area contributed by atoms with E-state index in [-0.39, 0.29) is 12.0 Å². The average molecular weight is 429 g/mol. The van der Waals surface area contributed by atoms with Crippen molar-refractivity contribution in [2.75, 3.05) is 13.1 Å². The summed E-state index contributed by atoms with van der Waals surface area (Å²) in [5.74, 6) is 1.61. The van der Waals surface area contributed by atoms with Gasteiger partial charge >= 0.3 is 0 Å². The van der Waals surface area contributed by atoms with Crippen molar-refractivity contribution in [1.82, 2.24) is 19.7 Å². The van der Waals surface area contributed by atoms with Gasteiger partial charge in [0.15, 0.2) is 10.5 Å². The van der Waals surface area contributed by atoms with Crippen molar-refractivity contribution in [3.8, 4) is 0 Å². The molecule has 0 spiro atoms. The number of H-pyrrole nitrogens is 1. The first kappa shape index (κ1) is 20.8. The summed E-state index contributed by atoms with van der Waals surface area (Å²) in [6, 6.07) is 7.74. The van der Waals surface area contributed by atoms with Crippen molar-refractivity contribution in [3.05, 3.63) is 46.2 Å². The summed E-state index contributed by atoms with van der Waals surface area (Å²) in [6.07, 6.45) is 1.78. The van der Waals surface area contributed by atoms with Crippen molar-refractivity contribution in [2.45, 2.75) is 58.8 Å². The molecule has 0 bridgehead atoms. The highest BCUT2D eigenvalue weighted by molar-refractivity contribution is 7.71. The van der Waals surface area contributed by atoms with E-state index in [1.807, 2.05) is 47.6 Å². The number of aromatic amines is 1. The summed E-state index contributed by atoms with van der Waals surface area (Å²) in [6.45, 7) is 8.51. The zero-order valence-electron chi connectivity index (χ0n) is 17.7. The number of nitrogens with one attached hydrogen (secondary N) is 1. The second-order valence-corrected chi connectivity index (χ2v) is 8.35. The molecule has 1 saturated heterocycles. The number of hydrogen-bond acceptors (Lipinski definition) is 5. The number of carbonyl (C=O) groups excluding carboxylic acids is 1. The van der Waals surface area contributed by atoms with Crippen molar-refractivity contribution < 1.29 is 13.9 Å². The Kier molecular flexibility index (Phi) is 6.06. The van der Waals surface area contributed by atoms with E-state index >= 15 is 0 Å². The predicted molar refractivity (Wildman–Crippen MR) is 117 cm³/mol. The molecule has 1 amide bonds. The summed E-state index contributed by atoms with van der Waals surface area (Å²) >= 11 is 5.31. The largest absolute Gasteiger partial charge is 0.451 e. The number of rotatable bonds is 6. The van der Waals surface area contributed by atoms with Crippen LogP contribution < -0.4 is 0 Å². The molecule has 3 aromatic rings. The third-order valence-corrected chi connectivity index (χ3v) is 6.02. The minimum Gasteiger partial charge on any atom is -0.451 e. The van der Waals surface area contributed by atoms with Crippen molar-refractivity contribution in [1.29, 1.82) is 0 Å². The fourth-order valence-corrected chi connectivity index (χ4v) is 4.36. The molecular formula is C22H28N4O3S. The summed E-state index contributed by atoms with van der Waals surface area (Å²) in [5, 5.41) is 8.27. The van der Waals surface area contributed by atoms with Crippen molar-refractivity contribution >= 4 is 29.1 Å². The third-order valence-electron chi connectivity index (χ3n) is 5.70. The number of likely N-dealkylation sites (tertiary alicyclic amines) is 1. The van der Waals surface area contributed by atoms with E-state index in [0.717, 1.165) is 41.7 Å². The lowest BCUT2D eigenvalue weighted by atomic mass is 9.95. The molecule has 1 aliphatic heterocycles. The smallest absolute Gasteiger partial charge is 0.289 e. The molecule has 30 heavy (non-hydrogen) atoms. The number of aromatic nitrogens is 3. The molecule has 0 aliphatic carbocycles. The Morgan fingerprint density at radius 3 is 2.77 bits per heavy atom. The lowest BCUT2D eigenvalue weighted by Crippen LogP contribution is -2.38. The zero-order chi connectivity index (χ0) is 21.3. The molecule has 2 aromatic heterocycles. The van der Waals surface area contributed by atoms with Crippen LogP contribution >= 0.6 is 12.2 Å². The van der Waals surface area contributed by atoms with E-state index in [9.17, 15) is 4.79 Å². The molecular weight excluding hydrogens is 400 g/mol. The molecule has 1 N–H and O–H groups in total. The van der Waals surface area contributed by atoms with Crippen LogP contribution in [0.3, 0.4) is 0 Å². The number of hydrogen-bond donors (Lipinski definition) is 1. The van der Waals surface area contributed by atoms with Gasteiger partial charge in [0.2, 0.25) is 0 Å². The number of furan rings is 1. The first-order valence-electron chi connectivity index (χ1n) is 10.6. The van der Waals surface area contributed by atoms with E-state index in [1.165, 1.54) is 0 Å². The van der Waals surface area contributed by atoms with Crippen molar-refractivity contribution in [2.24, 2.45) is 0 Å². The summed E-state index contributed by atoms with van der Waals surface area (Å²) in [5.41, 5.74) is 1.55. The summed E-state index contributed by atoms with van der Waals surface area (Å²) in [7, 11) is 0. The van der Waals surface area contributed by atoms with Gasteiger partial charge in [0, 0.05) is 36.5 Å². The number of ether oxygens (including phenoxy) is 1. The van der Waals surface area contributed by atoms with Crippen LogP contribution in [0.2, 0.25) is 0 Å². The Morgan fingerprint density at radius 1 is 1.33 bits per heavy atom. The van der Waals surface area contributed by atoms with Gasteiger partial charge in [-0.05, 0) is 51.9 Å². The predicted octanol–water partition coefficient (Wildman–Crippen LogP) is 4.65. The average Bonchev–Trinajstić information content (AvgIpc) is 3.31. The molecule has 0 radical (unpaired) electrons. The minimum atomic E-state index is -0.0682. The Morgan fingerprint density at radius 2 is 2.07 bits per heavy atom. The van der Waals surface area contributed by atoms with Gasteiger partial charge in [-0.2, -0.15) is 5.10 Å². The van der Waals surface area contributed by atoms with Gasteiger partial charge in [0.05, 0.1) is 12.7 Å². The normalized spacial score (nSPS) is 15.4. The van der Waals surface area contributed by atoms with Gasteiger partial charge < -0.3 is 18.6 Å². The number of piperidine rings is 1. The second kappa shape index (κ2) is 8.73. The van der Waals surface area contributed by atoms with Crippen LogP contribution in [-0.4, -0.2) is 44.8 Å². The van der Waals surface area contributed by atoms with Gasteiger partial charge in [0.1, 0.15) is 11.4 Å². The SMILES string of the molecule is CCn1c(C2CCN(C(=O)c3oc4ccccc4c3COC(C)C)CC2)n[nH]c1=S. The number of fused-ring (bicyclic) bond motifs is 1. The Balaban J connectivity index is 1.53. The zero-order valence-corrected chi connectivity index (χ0v) is 18.5. The second-order valence-electron chi connectivity index (χ2n) is 7.96. The first-order valence-corrected chi connectivity index (χ1v) is 11.0. The quantitative estimate of drug-likeness (QED) is 0.578. The highest BCUT2D eigenvalue weighted by Gasteiger charge is 2.31. The fraction of sp³-hybridized carbons (Fsp3) is 0.500. The van der Waals surface area contributed by atoms with E-state index in [4.69, 9.17) is 21.4 Å². The molecule has 0 saturated carbocycles. The maximum atomic E-state index is 13.3. The highest BCUT2D eigenvalue weighted by atomic mass is 32.1. The fourth-order valence-electron chi connectivity index (χ4n) is 4.10. The molecule has 0 unspecified atom stereocenters. The molecule has 160 valence electrons. The first-order chi connectivity index (χ1) is 14.5. The maximum absolute atomic E-state index is 13.3. The van der Waals surface area contributed by atoms with Gasteiger partial charge in [0.25, 0.3) is 5.91 Å². The van der Waals surface area contributed by atoms with E-state index < -0.39 is 0 Å². The molecule has 3 heterocycles. The minimum absolute atomic E-state index is 0.0682. The monoisotopic (exact) mass is 428 g/mol. The number of amides is 1. The molecule has 7 nitrogen and oxygen atoms in total. The molecule has 1 fully saturated rings. The van der Waals surface area contributed by atoms with Crippen LogP contribution in [0.1, 0.15) is 61.5 Å². The van der Waals surface area contributed by atoms with Gasteiger partial charge in [-0.1, -0.05) is 18.2 Å². The maximum Gasteiger partial charge on any atom is 0.289 e. The molecule has 0 atom stereocenters. The summed E-state index contributed by atoms with van der Waals surface area (Å²) in [4.78, 5) is 15.2. The number of nitrogens with zero attached hydrogens (tertiary/aromatic N) is 3. The van der Waals surface area contributed by atoms with Crippen molar-refractivity contribution in [3.63, 3.8) is 0 Å². The summed E-state index contributed by atoms with van der Waals surface area (Å²) < 4.78 is 14.5. The van der Waals surface area contributed by atoms with E-state index in [0.29, 0.717) is 36.1 Å². The molecule has 1 aromatic carbocycles. The van der Waals surface area contributed by atoms with Crippen LogP contribution in [0.15, 0.2) is 28.7 Å². The highest BCUT2D eigenvalue weighted by Crippen LogP contribution is 2.31. The van der Waals surface area contributed by atoms with Gasteiger partial charge in [-0.3, -0.25) is 9.89 Å². The van der Waals surface area contributed by atoms with Crippen LogP contribution in [0, 0.1) is 4.77 Å². The number of carbonyl (C=O) groups is 1. The van der Waals surface area contributed by atoms with Gasteiger partial charge in [-0.25, -0.2) is 0 Å². The lowest BCUT2D eigenvalue weighted by molar-refractivity contribution is 0.0595. The van der Waals surface area contributed by atoms with E-state index in [2.05, 4.69) is 17.1 Å². The Bertz CT molecular complexity index is 1090. The van der Waals surface area contributed by atoms with Gasteiger partial charge in [-0.15, -0.1) is 0 Å². The van der Waals surface area contributed by atoms with Crippen LogP contribution in [0.4, 0.5) is 0 Å². The number of para-hydroxylation sites is 1. The topological polar surface area (TPSA) is 76.3 Å². The number of benzene rings is 1. The Labute approximate surface area is 181 Å². The van der Waals surface area contributed by atoms with Crippen LogP contribution in [0.5, 0.6) is 0 Å². The standard InChI is InChI=1S/C22H28N4O3S/c1-4-26-20(23-24-22(26)30)15-9-11-25(12-10-15)21(27)19-17(13-28-14(2)3)16-7-5-6-8-18(16)29-19/h5-8,14-15H,4,9-13H2,1-3H3,(H,24,30). The third kappa shape index (κ3) is 3.94. The van der Waals surface area contributed by atoms with E-state index in [1.54, 1.807) is 0 Å². The Hall–Kier alpha value is -2.45. The van der Waals surface area contributed by atoms with Crippen LogP contribution in [0.25, 0.3) is 11.0 Å². The lowest BCUT2D eigenvalue weighted by Gasteiger charge is -2.31. The molecule has 4 rings (SSSR count). The van der Waals surface area contributed by atoms with Crippen LogP contribution in [-0.2, 0) is 17.9 Å². The molecule has 8 heteroatoms.